The fourth-order valence-electron chi connectivity index (χ4n) is 3.27. The van der Waals surface area contributed by atoms with Gasteiger partial charge in [0.15, 0.2) is 0 Å². The van der Waals surface area contributed by atoms with Gasteiger partial charge in [-0.15, -0.1) is 0 Å². The Balaban J connectivity index is 0.00000225. The summed E-state index contributed by atoms with van der Waals surface area (Å²) in [6.07, 6.45) is 3.60. The molecule has 0 saturated heterocycles. The van der Waals surface area contributed by atoms with E-state index in [2.05, 4.69) is 76.4 Å². The second kappa shape index (κ2) is 8.74. The van der Waals surface area contributed by atoms with Gasteiger partial charge in [0.1, 0.15) is 0 Å². The van der Waals surface area contributed by atoms with Crippen molar-refractivity contribution in [1.29, 1.82) is 0 Å². The first-order valence-electron chi connectivity index (χ1n) is 8.98. The first kappa shape index (κ1) is 20.5. The molecule has 0 bridgehead atoms. The van der Waals surface area contributed by atoms with Gasteiger partial charge in [-0.2, -0.15) is 0 Å². The van der Waals surface area contributed by atoms with Crippen molar-refractivity contribution in [2.24, 2.45) is 0 Å². The van der Waals surface area contributed by atoms with Gasteiger partial charge in [0.2, 0.25) is 0 Å². The van der Waals surface area contributed by atoms with Crippen molar-refractivity contribution in [2.75, 3.05) is 26.7 Å². The molecule has 25 heavy (non-hydrogen) atoms. The molecule has 0 spiro atoms. The van der Waals surface area contributed by atoms with E-state index >= 15 is 0 Å². The molecule has 0 unspecified atom stereocenters. The first-order chi connectivity index (χ1) is 11.6. The van der Waals surface area contributed by atoms with Gasteiger partial charge in [-0.05, 0) is 49.6 Å². The quantitative estimate of drug-likeness (QED) is 0.413. The van der Waals surface area contributed by atoms with Crippen LogP contribution in [0.5, 0.6) is 0 Å². The van der Waals surface area contributed by atoms with Crippen molar-refractivity contribution < 1.29 is 28.5 Å². The van der Waals surface area contributed by atoms with E-state index < -0.39 is 0 Å². The molecule has 1 heterocycles. The van der Waals surface area contributed by atoms with E-state index in [1.165, 1.54) is 51.7 Å². The lowest BCUT2D eigenvalue weighted by Gasteiger charge is -2.32. The summed E-state index contributed by atoms with van der Waals surface area (Å²) in [6, 6.07) is 15.7. The normalized spacial score (nSPS) is 14.6. The minimum atomic E-state index is 0. The Labute approximate surface area is 174 Å². The number of hydrogen-bond acceptors (Lipinski definition) is 1. The van der Waals surface area contributed by atoms with Crippen molar-refractivity contribution in [3.63, 3.8) is 0 Å². The third kappa shape index (κ3) is 4.50. The van der Waals surface area contributed by atoms with Crippen molar-refractivity contribution in [3.05, 3.63) is 65.2 Å². The van der Waals surface area contributed by atoms with Crippen LogP contribution in [-0.4, -0.2) is 31.2 Å². The monoisotopic (exact) mass is 465 g/mol. The number of nitrogens with zero attached hydrogens (tertiary/aromatic N) is 1. The van der Waals surface area contributed by atoms with Crippen molar-refractivity contribution in [2.45, 2.75) is 37.0 Å². The van der Waals surface area contributed by atoms with E-state index in [0.717, 1.165) is 10.9 Å². The Hall–Kier alpha value is -0.780. The molecule has 1 aliphatic rings. The number of hydrogen-bond donors (Lipinski definition) is 0. The lowest BCUT2D eigenvalue weighted by molar-refractivity contribution is -0.905. The Morgan fingerprint density at radius 2 is 1.64 bits per heavy atom. The van der Waals surface area contributed by atoms with Gasteiger partial charge in [-0.1, -0.05) is 53.7 Å². The van der Waals surface area contributed by atoms with Gasteiger partial charge < -0.3 is 28.5 Å². The average molecular weight is 465 g/mol. The molecule has 1 aliphatic heterocycles. The van der Waals surface area contributed by atoms with Crippen molar-refractivity contribution in [1.82, 2.24) is 0 Å². The minimum absolute atomic E-state index is 0. The molecular weight excluding hydrogens is 437 g/mol. The zero-order chi connectivity index (χ0) is 17.2. The second-order valence-corrected chi connectivity index (χ2v) is 8.06. The summed E-state index contributed by atoms with van der Waals surface area (Å²) in [5.41, 5.74) is 5.55. The topological polar surface area (TPSA) is 0 Å². The average Bonchev–Trinajstić information content (AvgIpc) is 2.61. The number of rotatable bonds is 5. The first-order valence-corrected chi connectivity index (χ1v) is 9.80. The van der Waals surface area contributed by atoms with E-state index in [0.29, 0.717) is 0 Å². The zero-order valence-corrected chi connectivity index (χ0v) is 18.7. The molecule has 0 N–H and O–H groups in total. The molecule has 2 aromatic carbocycles. The highest BCUT2D eigenvalue weighted by molar-refractivity contribution is 7.99. The van der Waals surface area contributed by atoms with Gasteiger partial charge in [0.05, 0.1) is 26.7 Å². The molecule has 0 amide bonds. The van der Waals surface area contributed by atoms with Crippen LogP contribution in [0.4, 0.5) is 0 Å². The van der Waals surface area contributed by atoms with Crippen LogP contribution >= 0.6 is 11.8 Å². The summed E-state index contributed by atoms with van der Waals surface area (Å²) >= 11 is 1.90. The fourth-order valence-corrected chi connectivity index (χ4v) is 4.35. The minimum Gasteiger partial charge on any atom is -1.00 e. The maximum absolute atomic E-state index is 2.47. The van der Waals surface area contributed by atoms with Crippen LogP contribution in [0.25, 0.3) is 5.57 Å². The summed E-state index contributed by atoms with van der Waals surface area (Å²) in [6.45, 7) is 10.4. The Bertz CT molecular complexity index is 762. The van der Waals surface area contributed by atoms with Crippen LogP contribution < -0.4 is 24.0 Å². The highest BCUT2D eigenvalue weighted by Gasteiger charge is 2.21. The Morgan fingerprint density at radius 3 is 2.36 bits per heavy atom. The number of quaternary nitrogens is 1. The van der Waals surface area contributed by atoms with Crippen LogP contribution in [0.3, 0.4) is 0 Å². The molecule has 0 radical (unpaired) electrons. The van der Waals surface area contributed by atoms with Crippen LogP contribution in [0.15, 0.2) is 58.3 Å². The molecule has 0 aliphatic carbocycles. The van der Waals surface area contributed by atoms with Gasteiger partial charge >= 0.3 is 0 Å². The van der Waals surface area contributed by atoms with E-state index in [1.54, 1.807) is 0 Å². The third-order valence-corrected chi connectivity index (χ3v) is 6.52. The predicted molar refractivity (Wildman–Crippen MR) is 106 cm³/mol. The van der Waals surface area contributed by atoms with Crippen LogP contribution in [0, 0.1) is 6.92 Å². The lowest BCUT2D eigenvalue weighted by Crippen LogP contribution is -3.00. The summed E-state index contributed by atoms with van der Waals surface area (Å²) in [5, 5.41) is 0. The number of halogens is 1. The molecule has 0 fully saturated rings. The second-order valence-electron chi connectivity index (χ2n) is 6.98. The lowest BCUT2D eigenvalue weighted by atomic mass is 9.95. The Kier molecular flexibility index (Phi) is 7.18. The summed E-state index contributed by atoms with van der Waals surface area (Å²) in [4.78, 5) is 2.76. The summed E-state index contributed by atoms with van der Waals surface area (Å²) in [5.74, 6) is 0. The molecule has 134 valence electrons. The number of fused-ring (bicyclic) bond motifs is 2. The van der Waals surface area contributed by atoms with Crippen LogP contribution in [0.2, 0.25) is 0 Å². The van der Waals surface area contributed by atoms with Crippen molar-refractivity contribution in [3.8, 4) is 0 Å². The molecule has 3 rings (SSSR count). The van der Waals surface area contributed by atoms with Gasteiger partial charge in [0, 0.05) is 16.2 Å². The van der Waals surface area contributed by atoms with Gasteiger partial charge in [-0.25, -0.2) is 0 Å². The molecular formula is C22H28INS. The fraction of sp³-hybridized carbons (Fsp3) is 0.364. The maximum Gasteiger partial charge on any atom is 0.0819 e. The van der Waals surface area contributed by atoms with E-state index in [1.807, 2.05) is 11.8 Å². The smallest absolute Gasteiger partial charge is 0.0819 e. The van der Waals surface area contributed by atoms with Crippen molar-refractivity contribution >= 4 is 17.3 Å². The van der Waals surface area contributed by atoms with E-state index in [9.17, 15) is 0 Å². The van der Waals surface area contributed by atoms with Gasteiger partial charge in [0.25, 0.3) is 0 Å². The summed E-state index contributed by atoms with van der Waals surface area (Å²) in [7, 11) is 2.36. The maximum atomic E-state index is 2.47. The molecule has 0 atom stereocenters. The molecule has 0 saturated carbocycles. The largest absolute Gasteiger partial charge is 1.00 e. The molecule has 0 aromatic heterocycles. The predicted octanol–water partition coefficient (Wildman–Crippen LogP) is 2.77. The van der Waals surface area contributed by atoms with Crippen LogP contribution in [-0.2, 0) is 0 Å². The zero-order valence-electron chi connectivity index (χ0n) is 15.7. The van der Waals surface area contributed by atoms with Gasteiger partial charge in [-0.3, -0.25) is 0 Å². The number of benzene rings is 2. The Morgan fingerprint density at radius 1 is 0.960 bits per heavy atom. The SMILES string of the molecule is CC[N+](C)(CC)CC/C=C1\c2ccccc2Sc2ccc(C)cc21.[I-]. The highest BCUT2D eigenvalue weighted by atomic mass is 127. The van der Waals surface area contributed by atoms with E-state index in [4.69, 9.17) is 0 Å². The highest BCUT2D eigenvalue weighted by Crippen LogP contribution is 2.45. The standard InChI is InChI=1S/C22H28NS.HI/c1-5-23(4,6-2)15-9-11-18-19-10-7-8-12-21(19)24-22-14-13-17(3)16-20(18)22;/h7-8,10-14,16H,5-6,9,15H2,1-4H3;1H/q+1;/p-1/b18-11+;. The molecule has 2 aromatic rings. The van der Waals surface area contributed by atoms with E-state index in [-0.39, 0.29) is 24.0 Å². The third-order valence-electron chi connectivity index (χ3n) is 5.37. The molecule has 1 nitrogen and oxygen atoms in total. The van der Waals surface area contributed by atoms with Crippen LogP contribution in [0.1, 0.15) is 37.0 Å². The summed E-state index contributed by atoms with van der Waals surface area (Å²) < 4.78 is 1.14. The number of aryl methyl sites for hydroxylation is 1. The molecule has 3 heteroatoms.